The summed E-state index contributed by atoms with van der Waals surface area (Å²) in [4.78, 5) is 0. The van der Waals surface area contributed by atoms with Crippen LogP contribution in [-0.2, 0) is 4.74 Å². The van der Waals surface area contributed by atoms with Crippen LogP contribution in [0.25, 0.3) is 0 Å². The van der Waals surface area contributed by atoms with E-state index in [1.54, 1.807) is 6.26 Å². The van der Waals surface area contributed by atoms with E-state index in [2.05, 4.69) is 22.6 Å². The molecule has 1 rings (SSSR count). The first-order valence-electron chi connectivity index (χ1n) is 1.82. The maximum atomic E-state index is 4.87. The molecule has 0 spiro atoms. The molecule has 1 atom stereocenters. The summed E-state index contributed by atoms with van der Waals surface area (Å²) in [6, 6.07) is 0. The van der Waals surface area contributed by atoms with Crippen LogP contribution < -0.4 is 0 Å². The molecule has 0 saturated carbocycles. The molecule has 1 aliphatic rings. The molecule has 0 saturated heterocycles. The minimum atomic E-state index is 0.614. The smallest absolute Gasteiger partial charge is 0.103 e. The lowest BCUT2D eigenvalue weighted by molar-refractivity contribution is 0.287. The zero-order valence-corrected chi connectivity index (χ0v) is 5.38. The quantitative estimate of drug-likeness (QED) is 0.419. The molecular weight excluding hydrogens is 191 g/mol. The van der Waals surface area contributed by atoms with Crippen LogP contribution in [0.3, 0.4) is 0 Å². The second-order valence-electron chi connectivity index (χ2n) is 1.18. The molecule has 0 aromatic heterocycles. The van der Waals surface area contributed by atoms with Crippen molar-refractivity contribution in [3.05, 3.63) is 12.3 Å². The minimum absolute atomic E-state index is 0.614. The van der Waals surface area contributed by atoms with Crippen LogP contribution in [0.2, 0.25) is 0 Å². The van der Waals surface area contributed by atoms with Crippen LogP contribution in [0.4, 0.5) is 0 Å². The Morgan fingerprint density at radius 1 is 1.83 bits per heavy atom. The van der Waals surface area contributed by atoms with Gasteiger partial charge < -0.3 is 4.74 Å². The molecule has 0 fully saturated rings. The van der Waals surface area contributed by atoms with Crippen molar-refractivity contribution in [2.75, 3.05) is 6.61 Å². The fourth-order valence-corrected chi connectivity index (χ4v) is 0.721. The van der Waals surface area contributed by atoms with Gasteiger partial charge in [-0.15, -0.1) is 0 Å². The first-order chi connectivity index (χ1) is 2.89. The van der Waals surface area contributed by atoms with Gasteiger partial charge in [0.25, 0.3) is 0 Å². The van der Waals surface area contributed by atoms with Gasteiger partial charge >= 0.3 is 0 Å². The second kappa shape index (κ2) is 1.82. The third kappa shape index (κ3) is 0.864. The zero-order valence-electron chi connectivity index (χ0n) is 3.23. The van der Waals surface area contributed by atoms with Crippen molar-refractivity contribution in [3.8, 4) is 0 Å². The van der Waals surface area contributed by atoms with E-state index in [0.717, 1.165) is 6.61 Å². The minimum Gasteiger partial charge on any atom is -0.500 e. The summed E-state index contributed by atoms with van der Waals surface area (Å²) in [5, 5.41) is 0. The average molecular weight is 196 g/mol. The number of rotatable bonds is 0. The standard InChI is InChI=1S/C4H5IO/c5-4-1-2-6-3-4/h1-2,4H,3H2. The first-order valence-corrected chi connectivity index (χ1v) is 3.06. The van der Waals surface area contributed by atoms with E-state index >= 15 is 0 Å². The lowest BCUT2D eigenvalue weighted by Crippen LogP contribution is -1.91. The summed E-state index contributed by atoms with van der Waals surface area (Å²) >= 11 is 2.32. The van der Waals surface area contributed by atoms with Crippen molar-refractivity contribution in [2.45, 2.75) is 3.92 Å². The van der Waals surface area contributed by atoms with Crippen molar-refractivity contribution in [2.24, 2.45) is 0 Å². The topological polar surface area (TPSA) is 9.23 Å². The fourth-order valence-electron chi connectivity index (χ4n) is 0.344. The van der Waals surface area contributed by atoms with Crippen molar-refractivity contribution < 1.29 is 4.74 Å². The fraction of sp³-hybridized carbons (Fsp3) is 0.500. The van der Waals surface area contributed by atoms with E-state index in [0.29, 0.717) is 3.92 Å². The van der Waals surface area contributed by atoms with E-state index in [1.165, 1.54) is 0 Å². The van der Waals surface area contributed by atoms with Gasteiger partial charge in [0.15, 0.2) is 0 Å². The van der Waals surface area contributed by atoms with Gasteiger partial charge in [-0.05, 0) is 6.08 Å². The first kappa shape index (κ1) is 4.43. The van der Waals surface area contributed by atoms with Gasteiger partial charge in [0.1, 0.15) is 6.61 Å². The maximum absolute atomic E-state index is 4.87. The van der Waals surface area contributed by atoms with Crippen molar-refractivity contribution in [3.63, 3.8) is 0 Å². The molecule has 1 unspecified atom stereocenters. The Kier molecular flexibility index (Phi) is 1.34. The van der Waals surface area contributed by atoms with Crippen LogP contribution in [-0.4, -0.2) is 10.5 Å². The van der Waals surface area contributed by atoms with Gasteiger partial charge in [0, 0.05) is 0 Å². The monoisotopic (exact) mass is 196 g/mol. The highest BCUT2D eigenvalue weighted by Gasteiger charge is 2.01. The van der Waals surface area contributed by atoms with E-state index < -0.39 is 0 Å². The highest BCUT2D eigenvalue weighted by molar-refractivity contribution is 14.1. The van der Waals surface area contributed by atoms with Gasteiger partial charge in [-0.3, -0.25) is 0 Å². The SMILES string of the molecule is IC1C=COC1. The second-order valence-corrected chi connectivity index (χ2v) is 2.78. The van der Waals surface area contributed by atoms with Crippen LogP contribution in [0.5, 0.6) is 0 Å². The zero-order chi connectivity index (χ0) is 4.41. The number of alkyl halides is 1. The molecule has 0 amide bonds. The molecule has 1 nitrogen and oxygen atoms in total. The summed E-state index contributed by atoms with van der Waals surface area (Å²) < 4.78 is 5.48. The summed E-state index contributed by atoms with van der Waals surface area (Å²) in [7, 11) is 0. The van der Waals surface area contributed by atoms with E-state index in [4.69, 9.17) is 4.74 Å². The summed E-state index contributed by atoms with van der Waals surface area (Å²) in [6.07, 6.45) is 3.79. The largest absolute Gasteiger partial charge is 0.500 e. The van der Waals surface area contributed by atoms with E-state index in [9.17, 15) is 0 Å². The molecule has 6 heavy (non-hydrogen) atoms. The van der Waals surface area contributed by atoms with Crippen molar-refractivity contribution >= 4 is 22.6 Å². The molecule has 2 heteroatoms. The molecule has 0 bridgehead atoms. The van der Waals surface area contributed by atoms with Gasteiger partial charge in [-0.1, -0.05) is 22.6 Å². The molecule has 0 aromatic rings. The molecule has 1 aliphatic heterocycles. The predicted octanol–water partition coefficient (Wildman–Crippen LogP) is 1.33. The Bertz CT molecular complexity index is 69.9. The number of hydrogen-bond acceptors (Lipinski definition) is 1. The number of halogens is 1. The van der Waals surface area contributed by atoms with E-state index in [-0.39, 0.29) is 0 Å². The molecule has 0 N–H and O–H groups in total. The summed E-state index contributed by atoms with van der Waals surface area (Å²) in [5.41, 5.74) is 0. The third-order valence-electron chi connectivity index (χ3n) is 0.639. The summed E-state index contributed by atoms with van der Waals surface area (Å²) in [5.74, 6) is 0. The Morgan fingerprint density at radius 2 is 2.67 bits per heavy atom. The number of hydrogen-bond donors (Lipinski definition) is 0. The number of ether oxygens (including phenoxy) is 1. The predicted molar refractivity (Wildman–Crippen MR) is 32.9 cm³/mol. The van der Waals surface area contributed by atoms with Crippen molar-refractivity contribution in [1.82, 2.24) is 0 Å². The maximum Gasteiger partial charge on any atom is 0.103 e. The molecular formula is C4H5IO. The highest BCUT2D eigenvalue weighted by atomic mass is 127. The van der Waals surface area contributed by atoms with Gasteiger partial charge in [-0.25, -0.2) is 0 Å². The highest BCUT2D eigenvalue weighted by Crippen LogP contribution is 2.08. The molecule has 0 aliphatic carbocycles. The summed E-state index contributed by atoms with van der Waals surface area (Å²) in [6.45, 7) is 0.862. The Labute approximate surface area is 50.5 Å². The molecule has 1 heterocycles. The van der Waals surface area contributed by atoms with Crippen molar-refractivity contribution in [1.29, 1.82) is 0 Å². The lowest BCUT2D eigenvalue weighted by Gasteiger charge is -1.88. The Morgan fingerprint density at radius 3 is 2.83 bits per heavy atom. The van der Waals surface area contributed by atoms with Gasteiger partial charge in [-0.2, -0.15) is 0 Å². The molecule has 0 aromatic carbocycles. The van der Waals surface area contributed by atoms with Gasteiger partial charge in [0.05, 0.1) is 10.2 Å². The van der Waals surface area contributed by atoms with Crippen LogP contribution in [0, 0.1) is 0 Å². The average Bonchev–Trinajstić information content (AvgIpc) is 1.86. The lowest BCUT2D eigenvalue weighted by atomic mass is 10.5. The molecule has 34 valence electrons. The molecule has 0 radical (unpaired) electrons. The van der Waals surface area contributed by atoms with Crippen LogP contribution in [0.15, 0.2) is 12.3 Å². The van der Waals surface area contributed by atoms with Crippen LogP contribution >= 0.6 is 22.6 Å². The normalized spacial score (nSPS) is 30.5. The Hall–Kier alpha value is 0.270. The van der Waals surface area contributed by atoms with E-state index in [1.807, 2.05) is 6.08 Å². The Balaban J connectivity index is 2.38. The van der Waals surface area contributed by atoms with Crippen LogP contribution in [0.1, 0.15) is 0 Å². The third-order valence-corrected chi connectivity index (χ3v) is 1.41. The van der Waals surface area contributed by atoms with Gasteiger partial charge in [0.2, 0.25) is 0 Å².